The van der Waals surface area contributed by atoms with Gasteiger partial charge in [-0.3, -0.25) is 5.10 Å². The second-order valence-electron chi connectivity index (χ2n) is 3.91. The maximum Gasteiger partial charge on any atom is 0.213 e. The van der Waals surface area contributed by atoms with Gasteiger partial charge >= 0.3 is 0 Å². The molecule has 0 aliphatic carbocycles. The van der Waals surface area contributed by atoms with Gasteiger partial charge in [0, 0.05) is 24.3 Å². The summed E-state index contributed by atoms with van der Waals surface area (Å²) in [4.78, 5) is 0. The van der Waals surface area contributed by atoms with Crippen molar-refractivity contribution < 1.29 is 8.42 Å². The molecular formula is C10H20N4O2S. The van der Waals surface area contributed by atoms with Gasteiger partial charge in [0.25, 0.3) is 0 Å². The van der Waals surface area contributed by atoms with Crippen molar-refractivity contribution in [2.24, 2.45) is 0 Å². The van der Waals surface area contributed by atoms with Crippen LogP contribution in [0.1, 0.15) is 24.6 Å². The molecule has 6 nitrogen and oxygen atoms in total. The lowest BCUT2D eigenvalue weighted by Gasteiger charge is -2.06. The van der Waals surface area contributed by atoms with Crippen LogP contribution < -0.4 is 10.0 Å². The number of hydrogen-bond donors (Lipinski definition) is 3. The molecule has 1 aromatic rings. The number of hydrogen-bond acceptors (Lipinski definition) is 4. The molecule has 0 atom stereocenters. The highest BCUT2D eigenvalue weighted by molar-refractivity contribution is 7.89. The molecule has 0 aliphatic rings. The lowest BCUT2D eigenvalue weighted by molar-refractivity contribution is 0.576. The molecule has 1 aromatic heterocycles. The second-order valence-corrected chi connectivity index (χ2v) is 5.84. The van der Waals surface area contributed by atoms with Crippen LogP contribution >= 0.6 is 0 Å². The van der Waals surface area contributed by atoms with Crippen molar-refractivity contribution in [1.29, 1.82) is 0 Å². The molecule has 0 fully saturated rings. The molecule has 0 aliphatic heterocycles. The van der Waals surface area contributed by atoms with Crippen molar-refractivity contribution in [2.45, 2.75) is 26.8 Å². The second kappa shape index (κ2) is 6.73. The highest BCUT2D eigenvalue weighted by atomic mass is 32.2. The molecule has 98 valence electrons. The van der Waals surface area contributed by atoms with Gasteiger partial charge in [0.2, 0.25) is 10.0 Å². The zero-order valence-electron chi connectivity index (χ0n) is 10.3. The fourth-order valence-corrected chi connectivity index (χ4v) is 2.25. The first-order valence-corrected chi connectivity index (χ1v) is 7.37. The van der Waals surface area contributed by atoms with Crippen molar-refractivity contribution in [3.8, 4) is 0 Å². The molecular weight excluding hydrogens is 240 g/mol. The number of aryl methyl sites for hydroxylation is 1. The van der Waals surface area contributed by atoms with Gasteiger partial charge in [0.15, 0.2) is 0 Å². The van der Waals surface area contributed by atoms with Crippen molar-refractivity contribution in [3.05, 3.63) is 17.5 Å². The zero-order chi connectivity index (χ0) is 12.7. The van der Waals surface area contributed by atoms with Crippen LogP contribution in [-0.2, 0) is 16.6 Å². The van der Waals surface area contributed by atoms with E-state index >= 15 is 0 Å². The van der Waals surface area contributed by atoms with Gasteiger partial charge in [-0.15, -0.1) is 0 Å². The number of sulfonamides is 1. The van der Waals surface area contributed by atoms with Crippen LogP contribution in [-0.4, -0.2) is 37.5 Å². The van der Waals surface area contributed by atoms with Crippen LogP contribution in [0.15, 0.2) is 6.20 Å². The van der Waals surface area contributed by atoms with Gasteiger partial charge in [0.1, 0.15) is 0 Å². The fraction of sp³-hybridized carbons (Fsp3) is 0.700. The standard InChI is InChI=1S/C10H20N4O2S/c1-3-4-11-5-6-17(15,16)13-8-10-7-12-14-9(10)2/h7,11,13H,3-6,8H2,1-2H3,(H,12,14). The minimum Gasteiger partial charge on any atom is -0.316 e. The Hall–Kier alpha value is -0.920. The summed E-state index contributed by atoms with van der Waals surface area (Å²) in [6.07, 6.45) is 2.63. The lowest BCUT2D eigenvalue weighted by Crippen LogP contribution is -2.31. The first-order chi connectivity index (χ1) is 8.05. The van der Waals surface area contributed by atoms with Gasteiger partial charge in [-0.25, -0.2) is 13.1 Å². The van der Waals surface area contributed by atoms with E-state index in [0.717, 1.165) is 24.2 Å². The van der Waals surface area contributed by atoms with E-state index in [9.17, 15) is 8.42 Å². The molecule has 3 N–H and O–H groups in total. The maximum absolute atomic E-state index is 11.6. The summed E-state index contributed by atoms with van der Waals surface area (Å²) in [5, 5.41) is 9.66. The number of H-pyrrole nitrogens is 1. The van der Waals surface area contributed by atoms with E-state index in [0.29, 0.717) is 13.1 Å². The van der Waals surface area contributed by atoms with Gasteiger partial charge < -0.3 is 5.32 Å². The average molecular weight is 260 g/mol. The summed E-state index contributed by atoms with van der Waals surface area (Å²) in [6.45, 7) is 5.52. The topological polar surface area (TPSA) is 86.9 Å². The molecule has 0 amide bonds. The highest BCUT2D eigenvalue weighted by Gasteiger charge is 2.10. The predicted octanol–water partition coefficient (Wildman–Crippen LogP) is 0.137. The van der Waals surface area contributed by atoms with Gasteiger partial charge in [-0.05, 0) is 19.9 Å². The number of aromatic amines is 1. The third-order valence-electron chi connectivity index (χ3n) is 2.39. The monoisotopic (exact) mass is 260 g/mol. The van der Waals surface area contributed by atoms with Crippen LogP contribution in [0.25, 0.3) is 0 Å². The summed E-state index contributed by atoms with van der Waals surface area (Å²) in [5.74, 6) is 0.101. The van der Waals surface area contributed by atoms with Gasteiger partial charge in [-0.2, -0.15) is 5.10 Å². The van der Waals surface area contributed by atoms with Crippen LogP contribution in [0, 0.1) is 6.92 Å². The van der Waals surface area contributed by atoms with E-state index in [1.807, 2.05) is 13.8 Å². The Kier molecular flexibility index (Phi) is 5.60. The van der Waals surface area contributed by atoms with Gasteiger partial charge in [0.05, 0.1) is 11.9 Å². The summed E-state index contributed by atoms with van der Waals surface area (Å²) in [7, 11) is -3.21. The molecule has 0 aromatic carbocycles. The Bertz CT molecular complexity index is 427. The zero-order valence-corrected chi connectivity index (χ0v) is 11.1. The van der Waals surface area contributed by atoms with Crippen molar-refractivity contribution in [1.82, 2.24) is 20.2 Å². The van der Waals surface area contributed by atoms with Crippen molar-refractivity contribution in [3.63, 3.8) is 0 Å². The summed E-state index contributed by atoms with van der Waals surface area (Å²) in [5.41, 5.74) is 1.76. The number of nitrogens with one attached hydrogen (secondary N) is 3. The molecule has 0 saturated heterocycles. The van der Waals surface area contributed by atoms with Crippen molar-refractivity contribution in [2.75, 3.05) is 18.8 Å². The summed E-state index contributed by atoms with van der Waals surface area (Å²) in [6, 6.07) is 0. The van der Waals surface area contributed by atoms with E-state index in [-0.39, 0.29) is 5.75 Å². The number of rotatable bonds is 8. The summed E-state index contributed by atoms with van der Waals surface area (Å²) < 4.78 is 25.8. The normalized spacial score (nSPS) is 11.9. The van der Waals surface area contributed by atoms with E-state index in [1.165, 1.54) is 0 Å². The maximum atomic E-state index is 11.6. The molecule has 1 rings (SSSR count). The predicted molar refractivity (Wildman–Crippen MR) is 67.1 cm³/mol. The van der Waals surface area contributed by atoms with Gasteiger partial charge in [-0.1, -0.05) is 6.92 Å². The molecule has 0 unspecified atom stereocenters. The number of nitrogens with zero attached hydrogens (tertiary/aromatic N) is 1. The highest BCUT2D eigenvalue weighted by Crippen LogP contribution is 2.02. The molecule has 0 spiro atoms. The molecule has 17 heavy (non-hydrogen) atoms. The Labute approximate surface area is 102 Å². The Balaban J connectivity index is 2.32. The van der Waals surface area contributed by atoms with Crippen molar-refractivity contribution >= 4 is 10.0 Å². The fourth-order valence-electron chi connectivity index (χ4n) is 1.32. The minimum absolute atomic E-state index is 0.101. The molecule has 0 bridgehead atoms. The molecule has 7 heteroatoms. The third-order valence-corrected chi connectivity index (χ3v) is 3.72. The Morgan fingerprint density at radius 1 is 1.41 bits per heavy atom. The van der Waals surface area contributed by atoms with E-state index in [4.69, 9.17) is 0 Å². The minimum atomic E-state index is -3.21. The van der Waals surface area contributed by atoms with Crippen LogP contribution in [0.4, 0.5) is 0 Å². The Morgan fingerprint density at radius 2 is 2.18 bits per heavy atom. The number of aromatic nitrogens is 2. The van der Waals surface area contributed by atoms with Crippen LogP contribution in [0.2, 0.25) is 0 Å². The van der Waals surface area contributed by atoms with E-state index in [1.54, 1.807) is 6.20 Å². The quantitative estimate of drug-likeness (QED) is 0.580. The smallest absolute Gasteiger partial charge is 0.213 e. The third kappa shape index (κ3) is 5.29. The van der Waals surface area contributed by atoms with E-state index < -0.39 is 10.0 Å². The average Bonchev–Trinajstić information content (AvgIpc) is 2.68. The first kappa shape index (κ1) is 14.1. The lowest BCUT2D eigenvalue weighted by atomic mass is 10.3. The van der Waals surface area contributed by atoms with Crippen LogP contribution in [0.5, 0.6) is 0 Å². The molecule has 0 saturated carbocycles. The largest absolute Gasteiger partial charge is 0.316 e. The molecule has 0 radical (unpaired) electrons. The van der Waals surface area contributed by atoms with E-state index in [2.05, 4.69) is 20.2 Å². The SMILES string of the molecule is CCCNCCS(=O)(=O)NCc1cn[nH]c1C. The first-order valence-electron chi connectivity index (χ1n) is 5.72. The molecule has 1 heterocycles. The Morgan fingerprint density at radius 3 is 2.76 bits per heavy atom. The summed E-state index contributed by atoms with van der Waals surface area (Å²) >= 11 is 0. The van der Waals surface area contributed by atoms with Crippen LogP contribution in [0.3, 0.4) is 0 Å².